The number of fused-ring (bicyclic) bond motifs is 3. The van der Waals surface area contributed by atoms with Gasteiger partial charge in [-0.2, -0.15) is 0 Å². The van der Waals surface area contributed by atoms with E-state index in [4.69, 9.17) is 16.7 Å². The summed E-state index contributed by atoms with van der Waals surface area (Å²) in [7, 11) is 0. The topological polar surface area (TPSA) is 91.2 Å². The molecule has 1 aliphatic carbocycles. The third-order valence-electron chi connectivity index (χ3n) is 4.50. The number of nitrogens with zero attached hydrogens (tertiary/aromatic N) is 4. The van der Waals surface area contributed by atoms with Crippen molar-refractivity contribution in [2.75, 3.05) is 18.0 Å². The molecule has 3 fully saturated rings. The maximum absolute atomic E-state index is 10.8. The molecule has 3 atom stereocenters. The van der Waals surface area contributed by atoms with Gasteiger partial charge in [-0.05, 0) is 30.4 Å². The second kappa shape index (κ2) is 4.95. The molecule has 0 aromatic carbocycles. The first-order valence-electron chi connectivity index (χ1n) is 7.14. The molecule has 2 aromatic rings. The zero-order chi connectivity index (χ0) is 15.3. The van der Waals surface area contributed by atoms with Gasteiger partial charge in [-0.1, -0.05) is 11.6 Å². The number of nitrogens with one attached hydrogen (secondary N) is 1. The van der Waals surface area contributed by atoms with Gasteiger partial charge in [-0.3, -0.25) is 0 Å². The smallest absolute Gasteiger partial charge is 0.404 e. The summed E-state index contributed by atoms with van der Waals surface area (Å²) in [6, 6.07) is 3.58. The fourth-order valence-electron chi connectivity index (χ4n) is 3.48. The van der Waals surface area contributed by atoms with Crippen LogP contribution in [0.3, 0.4) is 0 Å². The van der Waals surface area contributed by atoms with E-state index in [0.29, 0.717) is 28.2 Å². The van der Waals surface area contributed by atoms with Crippen molar-refractivity contribution in [3.05, 3.63) is 23.5 Å². The van der Waals surface area contributed by atoms with Gasteiger partial charge in [0.2, 0.25) is 0 Å². The summed E-state index contributed by atoms with van der Waals surface area (Å²) in [4.78, 5) is 26.0. The summed E-state index contributed by atoms with van der Waals surface area (Å²) in [6.07, 6.45) is 1.83. The van der Waals surface area contributed by atoms with Gasteiger partial charge in [0.1, 0.15) is 16.5 Å². The quantitative estimate of drug-likeness (QED) is 0.820. The van der Waals surface area contributed by atoms with Gasteiger partial charge in [-0.15, -0.1) is 0 Å². The zero-order valence-electron chi connectivity index (χ0n) is 11.6. The number of amides is 1. The van der Waals surface area contributed by atoms with Crippen molar-refractivity contribution >= 4 is 34.7 Å². The maximum atomic E-state index is 10.8. The third kappa shape index (κ3) is 2.21. The van der Waals surface area contributed by atoms with Crippen LogP contribution in [0.2, 0.25) is 5.15 Å². The Morgan fingerprint density at radius 1 is 1.32 bits per heavy atom. The lowest BCUT2D eigenvalue weighted by atomic mass is 9.66. The van der Waals surface area contributed by atoms with E-state index in [1.165, 1.54) is 0 Å². The minimum Gasteiger partial charge on any atom is -0.465 e. The number of hydrogen-bond donors (Lipinski definition) is 2. The molecule has 1 amide bonds. The van der Waals surface area contributed by atoms with Crippen LogP contribution in [0, 0.1) is 11.8 Å². The fraction of sp³-hybridized carbons (Fsp3) is 0.429. The van der Waals surface area contributed by atoms with Gasteiger partial charge < -0.3 is 15.3 Å². The van der Waals surface area contributed by atoms with Gasteiger partial charge in [0.15, 0.2) is 5.65 Å². The first-order chi connectivity index (χ1) is 10.6. The molecule has 2 saturated heterocycles. The molecule has 7 nitrogen and oxygen atoms in total. The van der Waals surface area contributed by atoms with Crippen LogP contribution < -0.4 is 10.2 Å². The molecular formula is C14H14ClN5O2. The molecule has 5 rings (SSSR count). The normalized spacial score (nSPS) is 26.6. The predicted octanol–water partition coefficient (Wildman–Crippen LogP) is 1.77. The monoisotopic (exact) mass is 319 g/mol. The number of piperidine rings is 2. The van der Waals surface area contributed by atoms with Crippen LogP contribution in [-0.2, 0) is 0 Å². The Morgan fingerprint density at radius 3 is 2.82 bits per heavy atom. The molecule has 1 unspecified atom stereocenters. The second-order valence-electron chi connectivity index (χ2n) is 5.84. The van der Waals surface area contributed by atoms with Gasteiger partial charge in [0.25, 0.3) is 0 Å². The Labute approximate surface area is 131 Å². The van der Waals surface area contributed by atoms with Gasteiger partial charge >= 0.3 is 6.09 Å². The molecular weight excluding hydrogens is 306 g/mol. The zero-order valence-corrected chi connectivity index (χ0v) is 12.4. The Kier molecular flexibility index (Phi) is 3.04. The van der Waals surface area contributed by atoms with Crippen LogP contribution in [-0.4, -0.2) is 45.3 Å². The molecule has 114 valence electrons. The molecule has 22 heavy (non-hydrogen) atoms. The van der Waals surface area contributed by atoms with E-state index in [1.807, 2.05) is 0 Å². The molecule has 4 heterocycles. The Bertz CT molecular complexity index is 743. The fourth-order valence-corrected chi connectivity index (χ4v) is 3.62. The third-order valence-corrected chi connectivity index (χ3v) is 4.71. The van der Waals surface area contributed by atoms with Gasteiger partial charge in [0, 0.05) is 19.1 Å². The second-order valence-corrected chi connectivity index (χ2v) is 6.23. The molecule has 3 aliphatic rings. The van der Waals surface area contributed by atoms with E-state index < -0.39 is 6.09 Å². The Balaban J connectivity index is 1.54. The highest BCUT2D eigenvalue weighted by Crippen LogP contribution is 2.41. The largest absolute Gasteiger partial charge is 0.465 e. The van der Waals surface area contributed by atoms with Crippen molar-refractivity contribution in [1.82, 2.24) is 20.3 Å². The standard InChI is InChI=1S/C14H14ClN5O2/c15-10-2-1-9-13(18-10)16-4-11(17-9)20-5-7-3-8(6-20)12(7)19-14(21)22/h1-2,4,7-8,12,19H,3,5-6H2,(H,21,22)/t7-,8+,12?. The first-order valence-corrected chi connectivity index (χ1v) is 7.51. The molecule has 2 aliphatic heterocycles. The molecule has 1 saturated carbocycles. The van der Waals surface area contributed by atoms with E-state index in [0.717, 1.165) is 25.3 Å². The number of pyridine rings is 1. The summed E-state index contributed by atoms with van der Waals surface area (Å²) in [5.74, 6) is 1.49. The van der Waals surface area contributed by atoms with Crippen molar-refractivity contribution in [3.63, 3.8) is 0 Å². The van der Waals surface area contributed by atoms with Crippen molar-refractivity contribution in [2.24, 2.45) is 11.8 Å². The van der Waals surface area contributed by atoms with Crippen LogP contribution in [0.1, 0.15) is 6.42 Å². The summed E-state index contributed by atoms with van der Waals surface area (Å²) in [6.45, 7) is 1.59. The average molecular weight is 320 g/mol. The molecule has 2 bridgehead atoms. The number of anilines is 1. The average Bonchev–Trinajstić information content (AvgIpc) is 2.52. The van der Waals surface area contributed by atoms with Crippen molar-refractivity contribution in [1.29, 1.82) is 0 Å². The molecule has 0 radical (unpaired) electrons. The number of aromatic nitrogens is 3. The number of rotatable bonds is 2. The van der Waals surface area contributed by atoms with Crippen LogP contribution in [0.15, 0.2) is 18.3 Å². The summed E-state index contributed by atoms with van der Waals surface area (Å²) >= 11 is 5.85. The van der Waals surface area contributed by atoms with Crippen molar-refractivity contribution in [3.8, 4) is 0 Å². The molecule has 8 heteroatoms. The van der Waals surface area contributed by atoms with Crippen molar-refractivity contribution < 1.29 is 9.90 Å². The highest BCUT2D eigenvalue weighted by molar-refractivity contribution is 6.29. The molecule has 2 N–H and O–H groups in total. The highest BCUT2D eigenvalue weighted by atomic mass is 35.5. The molecule has 0 spiro atoms. The number of carbonyl (C=O) groups is 1. The predicted molar refractivity (Wildman–Crippen MR) is 81.1 cm³/mol. The Morgan fingerprint density at radius 2 is 2.09 bits per heavy atom. The lowest BCUT2D eigenvalue weighted by molar-refractivity contribution is 0.0808. The Hall–Kier alpha value is -2.15. The number of carboxylic acid groups (broad SMARTS) is 1. The lowest BCUT2D eigenvalue weighted by Gasteiger charge is -2.53. The van der Waals surface area contributed by atoms with E-state index in [-0.39, 0.29) is 6.04 Å². The van der Waals surface area contributed by atoms with E-state index >= 15 is 0 Å². The minimum absolute atomic E-state index is 0.0719. The summed E-state index contributed by atoms with van der Waals surface area (Å²) < 4.78 is 0. The molecule has 2 aromatic heterocycles. The maximum Gasteiger partial charge on any atom is 0.404 e. The minimum atomic E-state index is -0.943. The van der Waals surface area contributed by atoms with E-state index in [1.54, 1.807) is 18.3 Å². The summed E-state index contributed by atoms with van der Waals surface area (Å²) in [5.41, 5.74) is 1.24. The highest BCUT2D eigenvalue weighted by Gasteiger charge is 2.47. The van der Waals surface area contributed by atoms with Crippen molar-refractivity contribution in [2.45, 2.75) is 12.5 Å². The first kappa shape index (κ1) is 13.5. The van der Waals surface area contributed by atoms with Crippen LogP contribution in [0.5, 0.6) is 0 Å². The summed E-state index contributed by atoms with van der Waals surface area (Å²) in [5, 5.41) is 11.9. The lowest BCUT2D eigenvalue weighted by Crippen LogP contribution is -2.64. The van der Waals surface area contributed by atoms with Gasteiger partial charge in [0.05, 0.1) is 6.20 Å². The number of halogens is 1. The number of hydrogen-bond acceptors (Lipinski definition) is 5. The van der Waals surface area contributed by atoms with E-state index in [2.05, 4.69) is 25.2 Å². The SMILES string of the molecule is O=C(O)NC1[C@@H]2C[C@H]1CN(c1cnc3nc(Cl)ccc3n1)C2. The van der Waals surface area contributed by atoms with Crippen LogP contribution in [0.25, 0.3) is 11.2 Å². The van der Waals surface area contributed by atoms with Crippen LogP contribution in [0.4, 0.5) is 10.6 Å². The van der Waals surface area contributed by atoms with Crippen LogP contribution >= 0.6 is 11.6 Å². The van der Waals surface area contributed by atoms with Gasteiger partial charge in [-0.25, -0.2) is 19.7 Å². The van der Waals surface area contributed by atoms with E-state index in [9.17, 15) is 4.79 Å².